The second-order valence-electron chi connectivity index (χ2n) is 4.56. The van der Waals surface area contributed by atoms with Crippen molar-refractivity contribution < 1.29 is 84.5 Å². The zero-order valence-corrected chi connectivity index (χ0v) is 11.3. The van der Waals surface area contributed by atoms with E-state index >= 15 is 0 Å². The van der Waals surface area contributed by atoms with Gasteiger partial charge in [0, 0.05) is 0 Å². The van der Waals surface area contributed by atoms with E-state index in [1.807, 2.05) is 0 Å². The molecule has 0 aromatic carbocycles. The molecule has 1 rings (SSSR count). The standard InChI is InChI=1S/C8F16O3/c9-1(3(11,12)13)6(20,21)25-2(10,4(14,15)16)8(24,26-1)27-7(22,23)5(17,18)19. The molecular formula is C8F16O3. The summed E-state index contributed by atoms with van der Waals surface area (Å²) in [6, 6.07) is -7.25. The van der Waals surface area contributed by atoms with Gasteiger partial charge in [-0.25, -0.2) is 4.74 Å². The smallest absolute Gasteiger partial charge is 0.266 e. The van der Waals surface area contributed by atoms with E-state index in [4.69, 9.17) is 0 Å². The second kappa shape index (κ2) is 5.65. The van der Waals surface area contributed by atoms with Crippen molar-refractivity contribution in [2.45, 2.75) is 48.5 Å². The minimum atomic E-state index is -7.44. The van der Waals surface area contributed by atoms with Gasteiger partial charge in [0.1, 0.15) is 0 Å². The Kier molecular flexibility index (Phi) is 4.98. The second-order valence-corrected chi connectivity index (χ2v) is 4.56. The molecule has 0 aromatic heterocycles. The van der Waals surface area contributed by atoms with Crippen LogP contribution in [0.1, 0.15) is 0 Å². The van der Waals surface area contributed by atoms with E-state index in [0.717, 1.165) is 0 Å². The van der Waals surface area contributed by atoms with E-state index in [2.05, 4.69) is 0 Å². The fraction of sp³-hybridized carbons (Fsp3) is 1.00. The summed E-state index contributed by atoms with van der Waals surface area (Å²) >= 11 is 0. The third-order valence-corrected chi connectivity index (χ3v) is 2.62. The lowest BCUT2D eigenvalue weighted by Crippen LogP contribution is -2.77. The van der Waals surface area contributed by atoms with Gasteiger partial charge in [0.2, 0.25) is 0 Å². The van der Waals surface area contributed by atoms with Gasteiger partial charge in [-0.3, -0.25) is 9.47 Å². The number of hydrogen-bond acceptors (Lipinski definition) is 3. The monoisotopic (exact) mass is 448 g/mol. The summed E-state index contributed by atoms with van der Waals surface area (Å²) in [6.07, 6.45) is -36.5. The molecule has 162 valence electrons. The normalized spacial score (nSPS) is 36.0. The van der Waals surface area contributed by atoms with Crippen LogP contribution in [0, 0.1) is 0 Å². The first kappa shape index (κ1) is 23.8. The number of alkyl halides is 16. The van der Waals surface area contributed by atoms with E-state index < -0.39 is 48.5 Å². The number of hydrogen-bond donors (Lipinski definition) is 0. The fourth-order valence-corrected chi connectivity index (χ4v) is 1.37. The molecule has 3 unspecified atom stereocenters. The largest absolute Gasteiger partial charge is 0.483 e. The number of halogens is 16. The minimum Gasteiger partial charge on any atom is -0.266 e. The van der Waals surface area contributed by atoms with Crippen LogP contribution in [0.2, 0.25) is 0 Å². The Labute approximate surface area is 134 Å². The van der Waals surface area contributed by atoms with Gasteiger partial charge in [0.25, 0.3) is 0 Å². The summed E-state index contributed by atoms with van der Waals surface area (Å²) in [4.78, 5) is 0. The van der Waals surface area contributed by atoms with E-state index in [-0.39, 0.29) is 0 Å². The van der Waals surface area contributed by atoms with Crippen molar-refractivity contribution in [1.29, 1.82) is 0 Å². The van der Waals surface area contributed by atoms with Crippen LogP contribution in [-0.4, -0.2) is 48.5 Å². The highest BCUT2D eigenvalue weighted by atomic mass is 19.4. The summed E-state index contributed by atoms with van der Waals surface area (Å²) in [7, 11) is 0. The van der Waals surface area contributed by atoms with E-state index in [1.165, 1.54) is 0 Å². The van der Waals surface area contributed by atoms with Gasteiger partial charge >= 0.3 is 48.5 Å². The highest BCUT2D eigenvalue weighted by molar-refractivity contribution is 5.01. The average molecular weight is 448 g/mol. The molecule has 0 radical (unpaired) electrons. The lowest BCUT2D eigenvalue weighted by atomic mass is 10.1. The van der Waals surface area contributed by atoms with Crippen LogP contribution in [0.25, 0.3) is 0 Å². The predicted molar refractivity (Wildman–Crippen MR) is 42.8 cm³/mol. The molecule has 0 aliphatic carbocycles. The van der Waals surface area contributed by atoms with Crippen molar-refractivity contribution in [2.24, 2.45) is 0 Å². The molecule has 0 bridgehead atoms. The van der Waals surface area contributed by atoms with Gasteiger partial charge < -0.3 is 0 Å². The van der Waals surface area contributed by atoms with Crippen LogP contribution in [0.4, 0.5) is 70.2 Å². The van der Waals surface area contributed by atoms with Crippen molar-refractivity contribution >= 4 is 0 Å². The van der Waals surface area contributed by atoms with E-state index in [1.54, 1.807) is 14.2 Å². The highest BCUT2D eigenvalue weighted by Crippen LogP contribution is 2.62. The first-order valence-corrected chi connectivity index (χ1v) is 5.50. The maximum atomic E-state index is 13.8. The molecular weight excluding hydrogens is 448 g/mol. The fourth-order valence-electron chi connectivity index (χ4n) is 1.37. The van der Waals surface area contributed by atoms with Gasteiger partial charge in [-0.1, -0.05) is 0 Å². The lowest BCUT2D eigenvalue weighted by molar-refractivity contribution is -0.653. The SMILES string of the molecule is FC(F)(F)C(F)(F)OC1(F)OC(F)(C(F)(F)F)C(F)(F)OC1(F)C(F)(F)F. The van der Waals surface area contributed by atoms with Crippen LogP contribution in [0.5, 0.6) is 0 Å². The number of rotatable bonds is 2. The molecule has 1 saturated heterocycles. The van der Waals surface area contributed by atoms with Crippen molar-refractivity contribution in [2.75, 3.05) is 0 Å². The van der Waals surface area contributed by atoms with Gasteiger partial charge in [-0.05, 0) is 0 Å². The topological polar surface area (TPSA) is 27.7 Å². The zero-order chi connectivity index (χ0) is 22.1. The summed E-state index contributed by atoms with van der Waals surface area (Å²) in [5, 5.41) is 0. The molecule has 3 nitrogen and oxygen atoms in total. The van der Waals surface area contributed by atoms with Crippen LogP contribution in [-0.2, 0) is 14.2 Å². The molecule has 1 heterocycles. The van der Waals surface area contributed by atoms with E-state index in [0.29, 0.717) is 0 Å². The van der Waals surface area contributed by atoms with Crippen LogP contribution < -0.4 is 0 Å². The molecule has 0 amide bonds. The molecule has 19 heteroatoms. The summed E-state index contributed by atoms with van der Waals surface area (Å²) in [6.45, 7) is 0. The molecule has 1 fully saturated rings. The zero-order valence-electron chi connectivity index (χ0n) is 11.3. The first-order valence-electron chi connectivity index (χ1n) is 5.50. The van der Waals surface area contributed by atoms with Crippen LogP contribution >= 0.6 is 0 Å². The minimum absolute atomic E-state index is 1.62. The quantitative estimate of drug-likeness (QED) is 0.565. The summed E-state index contributed by atoms with van der Waals surface area (Å²) < 4.78 is 207. The Morgan fingerprint density at radius 2 is 0.926 bits per heavy atom. The van der Waals surface area contributed by atoms with Gasteiger partial charge in [0.05, 0.1) is 0 Å². The summed E-state index contributed by atoms with van der Waals surface area (Å²) in [5.41, 5.74) is 0. The molecule has 0 spiro atoms. The van der Waals surface area contributed by atoms with Crippen molar-refractivity contribution in [3.8, 4) is 0 Å². The molecule has 0 N–H and O–H groups in total. The Bertz CT molecular complexity index is 578. The summed E-state index contributed by atoms with van der Waals surface area (Å²) in [5.74, 6) is -14.5. The third kappa shape index (κ3) is 3.36. The van der Waals surface area contributed by atoms with Crippen LogP contribution in [0.15, 0.2) is 0 Å². The molecule has 0 saturated carbocycles. The Balaban J connectivity index is 3.69. The Hall–Kier alpha value is -1.24. The predicted octanol–water partition coefficient (Wildman–Crippen LogP) is 4.88. The van der Waals surface area contributed by atoms with Crippen molar-refractivity contribution in [3.05, 3.63) is 0 Å². The van der Waals surface area contributed by atoms with Gasteiger partial charge in [-0.2, -0.15) is 70.2 Å². The lowest BCUT2D eigenvalue weighted by Gasteiger charge is -2.49. The molecule has 0 aromatic rings. The third-order valence-electron chi connectivity index (χ3n) is 2.62. The van der Waals surface area contributed by atoms with Gasteiger partial charge in [0.15, 0.2) is 0 Å². The maximum Gasteiger partial charge on any atom is 0.483 e. The maximum absolute atomic E-state index is 13.8. The highest BCUT2D eigenvalue weighted by Gasteiger charge is 2.92. The van der Waals surface area contributed by atoms with Crippen LogP contribution in [0.3, 0.4) is 0 Å². The molecule has 1 aliphatic heterocycles. The Morgan fingerprint density at radius 1 is 0.556 bits per heavy atom. The molecule has 1 aliphatic rings. The first-order chi connectivity index (χ1) is 11.4. The van der Waals surface area contributed by atoms with Gasteiger partial charge in [-0.15, -0.1) is 0 Å². The number of ether oxygens (including phenoxy) is 3. The molecule has 3 atom stereocenters. The van der Waals surface area contributed by atoms with Crippen molar-refractivity contribution in [1.82, 2.24) is 0 Å². The molecule has 27 heavy (non-hydrogen) atoms. The van der Waals surface area contributed by atoms with E-state index in [9.17, 15) is 70.2 Å². The van der Waals surface area contributed by atoms with Crippen molar-refractivity contribution in [3.63, 3.8) is 0 Å². The Morgan fingerprint density at radius 3 is 1.22 bits per heavy atom. The average Bonchev–Trinajstić information content (AvgIpc) is 2.31.